The first-order valence-corrected chi connectivity index (χ1v) is 12.0. The van der Waals surface area contributed by atoms with Crippen LogP contribution < -0.4 is 15.5 Å². The van der Waals surface area contributed by atoms with E-state index < -0.39 is 11.6 Å². The van der Waals surface area contributed by atoms with Gasteiger partial charge in [-0.3, -0.25) is 19.3 Å². The third-order valence-corrected chi connectivity index (χ3v) is 6.17. The van der Waals surface area contributed by atoms with E-state index in [2.05, 4.69) is 10.6 Å². The van der Waals surface area contributed by atoms with Crippen molar-refractivity contribution in [3.8, 4) is 0 Å². The summed E-state index contributed by atoms with van der Waals surface area (Å²) in [5.41, 5.74) is 2.87. The molecule has 3 aromatic rings. The van der Waals surface area contributed by atoms with E-state index in [4.69, 9.17) is 0 Å². The van der Waals surface area contributed by atoms with Crippen molar-refractivity contribution in [3.05, 3.63) is 87.6 Å². The summed E-state index contributed by atoms with van der Waals surface area (Å²) in [7, 11) is 0. The van der Waals surface area contributed by atoms with E-state index in [1.54, 1.807) is 17.5 Å². The maximum Gasteiger partial charge on any atom is 0.261 e. The van der Waals surface area contributed by atoms with Gasteiger partial charge in [0, 0.05) is 11.2 Å². The Kier molecular flexibility index (Phi) is 7.89. The number of anilines is 1. The van der Waals surface area contributed by atoms with E-state index in [0.29, 0.717) is 16.1 Å². The van der Waals surface area contributed by atoms with Gasteiger partial charge in [0.15, 0.2) is 0 Å². The van der Waals surface area contributed by atoms with Crippen LogP contribution in [0.4, 0.5) is 5.69 Å². The molecule has 0 fully saturated rings. The molecular formula is C27H31N3O3S. The van der Waals surface area contributed by atoms with Gasteiger partial charge < -0.3 is 10.6 Å². The zero-order valence-corrected chi connectivity index (χ0v) is 21.0. The van der Waals surface area contributed by atoms with Crippen LogP contribution in [0.1, 0.15) is 53.2 Å². The Balaban J connectivity index is 2.03. The Labute approximate surface area is 205 Å². The lowest BCUT2D eigenvalue weighted by Gasteiger charge is -2.34. The predicted octanol–water partition coefficient (Wildman–Crippen LogP) is 4.78. The van der Waals surface area contributed by atoms with Crippen LogP contribution in [0, 0.1) is 13.8 Å². The summed E-state index contributed by atoms with van der Waals surface area (Å²) in [5, 5.41) is 7.53. The van der Waals surface area contributed by atoms with Crippen molar-refractivity contribution in [2.24, 2.45) is 0 Å². The van der Waals surface area contributed by atoms with Crippen LogP contribution in [-0.2, 0) is 9.59 Å². The molecule has 1 heterocycles. The van der Waals surface area contributed by atoms with Crippen LogP contribution in [0.15, 0.2) is 66.0 Å². The van der Waals surface area contributed by atoms with E-state index in [1.165, 1.54) is 16.2 Å². The number of nitrogens with zero attached hydrogens (tertiary/aromatic N) is 1. The van der Waals surface area contributed by atoms with Crippen molar-refractivity contribution in [1.82, 2.24) is 10.6 Å². The van der Waals surface area contributed by atoms with Crippen molar-refractivity contribution in [2.45, 2.75) is 46.2 Å². The van der Waals surface area contributed by atoms with Crippen molar-refractivity contribution >= 4 is 34.7 Å². The number of carbonyl (C=O) groups excluding carboxylic acids is 3. The van der Waals surface area contributed by atoms with Crippen LogP contribution in [-0.4, -0.2) is 29.8 Å². The molecule has 0 saturated carbocycles. The maximum atomic E-state index is 13.6. The second-order valence-corrected chi connectivity index (χ2v) is 10.2. The molecule has 3 rings (SSSR count). The first-order valence-electron chi connectivity index (χ1n) is 11.1. The van der Waals surface area contributed by atoms with Crippen LogP contribution in [0.3, 0.4) is 0 Å². The Morgan fingerprint density at radius 3 is 2.24 bits per heavy atom. The highest BCUT2D eigenvalue weighted by Gasteiger charge is 2.34. The molecule has 1 aromatic heterocycles. The minimum Gasteiger partial charge on any atom is -0.349 e. The number of hydrogen-bond acceptors (Lipinski definition) is 4. The third-order valence-electron chi connectivity index (χ3n) is 5.30. The lowest BCUT2D eigenvalue weighted by atomic mass is 10.00. The minimum atomic E-state index is -0.909. The molecule has 0 aliphatic heterocycles. The molecule has 7 heteroatoms. The summed E-state index contributed by atoms with van der Waals surface area (Å²) in [6.07, 6.45) is 0. The van der Waals surface area contributed by atoms with Gasteiger partial charge in [0.2, 0.25) is 11.8 Å². The summed E-state index contributed by atoms with van der Waals surface area (Å²) < 4.78 is 0. The highest BCUT2D eigenvalue weighted by molar-refractivity contribution is 7.12. The Bertz CT molecular complexity index is 1150. The topological polar surface area (TPSA) is 78.5 Å². The van der Waals surface area contributed by atoms with E-state index in [1.807, 2.05) is 83.1 Å². The van der Waals surface area contributed by atoms with Gasteiger partial charge in [-0.1, -0.05) is 42.5 Å². The Morgan fingerprint density at radius 2 is 1.65 bits per heavy atom. The molecule has 2 N–H and O–H groups in total. The largest absolute Gasteiger partial charge is 0.349 e. The van der Waals surface area contributed by atoms with E-state index >= 15 is 0 Å². The van der Waals surface area contributed by atoms with Crippen LogP contribution in [0.5, 0.6) is 0 Å². The summed E-state index contributed by atoms with van der Waals surface area (Å²) in [6, 6.07) is 17.5. The summed E-state index contributed by atoms with van der Waals surface area (Å²) in [4.78, 5) is 41.7. The molecule has 3 amide bonds. The van der Waals surface area contributed by atoms with Gasteiger partial charge in [-0.05, 0) is 74.9 Å². The molecule has 1 atom stereocenters. The molecular weight excluding hydrogens is 446 g/mol. The van der Waals surface area contributed by atoms with Gasteiger partial charge >= 0.3 is 0 Å². The van der Waals surface area contributed by atoms with Gasteiger partial charge in [-0.25, -0.2) is 0 Å². The normalized spacial score (nSPS) is 12.0. The Morgan fingerprint density at radius 1 is 0.941 bits per heavy atom. The molecule has 178 valence electrons. The van der Waals surface area contributed by atoms with Crippen molar-refractivity contribution in [1.29, 1.82) is 0 Å². The summed E-state index contributed by atoms with van der Waals surface area (Å²) >= 11 is 1.30. The zero-order valence-electron chi connectivity index (χ0n) is 20.2. The molecule has 0 saturated heterocycles. The van der Waals surface area contributed by atoms with Crippen LogP contribution in [0.2, 0.25) is 0 Å². The fourth-order valence-electron chi connectivity index (χ4n) is 3.54. The second kappa shape index (κ2) is 10.7. The quantitative estimate of drug-likeness (QED) is 0.514. The number of nitrogens with one attached hydrogen (secondary N) is 2. The first-order chi connectivity index (χ1) is 16.1. The molecule has 6 nitrogen and oxygen atoms in total. The SMILES string of the molecule is Cc1ccc(N(C(=O)CNC(=O)c2cccs2)[C@H](C(=O)NC(C)(C)C)c2ccccc2)cc1C. The third kappa shape index (κ3) is 6.32. The first kappa shape index (κ1) is 25.2. The van der Waals surface area contributed by atoms with Gasteiger partial charge in [0.1, 0.15) is 6.04 Å². The molecule has 0 aliphatic rings. The fourth-order valence-corrected chi connectivity index (χ4v) is 4.18. The lowest BCUT2D eigenvalue weighted by Crippen LogP contribution is -2.51. The molecule has 2 aromatic carbocycles. The number of amides is 3. The standard InChI is InChI=1S/C27H31N3O3S/c1-18-13-14-21(16-19(18)2)30(23(31)17-28-25(32)22-12-9-15-34-22)24(20-10-7-6-8-11-20)26(33)29-27(3,4)5/h6-16,24H,17H2,1-5H3,(H,28,32)(H,29,33)/t24-/m0/s1. The molecule has 0 bridgehead atoms. The second-order valence-electron chi connectivity index (χ2n) is 9.24. The van der Waals surface area contributed by atoms with E-state index in [0.717, 1.165) is 11.1 Å². The highest BCUT2D eigenvalue weighted by atomic mass is 32.1. The van der Waals surface area contributed by atoms with Gasteiger partial charge in [-0.15, -0.1) is 11.3 Å². The monoisotopic (exact) mass is 477 g/mol. The number of rotatable bonds is 7. The minimum absolute atomic E-state index is 0.240. The van der Waals surface area contributed by atoms with Crippen molar-refractivity contribution in [2.75, 3.05) is 11.4 Å². The van der Waals surface area contributed by atoms with Crippen molar-refractivity contribution in [3.63, 3.8) is 0 Å². The summed E-state index contributed by atoms with van der Waals surface area (Å²) in [5.74, 6) is -1.00. The Hall–Kier alpha value is -3.45. The van der Waals surface area contributed by atoms with E-state index in [-0.39, 0.29) is 24.3 Å². The van der Waals surface area contributed by atoms with Crippen molar-refractivity contribution < 1.29 is 14.4 Å². The fraction of sp³-hybridized carbons (Fsp3) is 0.296. The molecule has 34 heavy (non-hydrogen) atoms. The molecule has 0 radical (unpaired) electrons. The number of carbonyl (C=O) groups is 3. The number of thiophene rings is 1. The average molecular weight is 478 g/mol. The smallest absolute Gasteiger partial charge is 0.261 e. The summed E-state index contributed by atoms with van der Waals surface area (Å²) in [6.45, 7) is 9.42. The highest BCUT2D eigenvalue weighted by Crippen LogP contribution is 2.30. The zero-order chi connectivity index (χ0) is 24.9. The average Bonchev–Trinajstić information content (AvgIpc) is 3.32. The predicted molar refractivity (Wildman–Crippen MR) is 137 cm³/mol. The number of aryl methyl sites for hydroxylation is 2. The molecule has 0 aliphatic carbocycles. The lowest BCUT2D eigenvalue weighted by molar-refractivity contribution is -0.127. The number of benzene rings is 2. The van der Waals surface area contributed by atoms with Crippen LogP contribution in [0.25, 0.3) is 0 Å². The van der Waals surface area contributed by atoms with Gasteiger partial charge in [-0.2, -0.15) is 0 Å². The van der Waals surface area contributed by atoms with E-state index in [9.17, 15) is 14.4 Å². The number of hydrogen-bond donors (Lipinski definition) is 2. The van der Waals surface area contributed by atoms with Gasteiger partial charge in [0.05, 0.1) is 11.4 Å². The van der Waals surface area contributed by atoms with Gasteiger partial charge in [0.25, 0.3) is 5.91 Å². The maximum absolute atomic E-state index is 13.6. The van der Waals surface area contributed by atoms with Crippen LogP contribution >= 0.6 is 11.3 Å². The molecule has 0 unspecified atom stereocenters. The molecule has 0 spiro atoms.